The van der Waals surface area contributed by atoms with Gasteiger partial charge in [-0.15, -0.1) is 0 Å². The average molecular weight is 250 g/mol. The van der Waals surface area contributed by atoms with E-state index >= 15 is 0 Å². The van der Waals surface area contributed by atoms with Crippen molar-refractivity contribution in [3.8, 4) is 0 Å². The fourth-order valence-electron chi connectivity index (χ4n) is 0.704. The van der Waals surface area contributed by atoms with Gasteiger partial charge < -0.3 is 9.84 Å². The number of carboxylic acids is 1. The summed E-state index contributed by atoms with van der Waals surface area (Å²) in [7, 11) is -4.74. The van der Waals surface area contributed by atoms with E-state index < -0.39 is 33.7 Å². The van der Waals surface area contributed by atoms with E-state index in [9.17, 15) is 18.0 Å². The minimum atomic E-state index is -4.74. The molecule has 0 aromatic carbocycles. The quantitative estimate of drug-likeness (QED) is 0.351. The topological polar surface area (TPSA) is 118 Å². The summed E-state index contributed by atoms with van der Waals surface area (Å²) in [6.07, 6.45) is -1.02. The van der Waals surface area contributed by atoms with Gasteiger partial charge in [0.05, 0.1) is 13.0 Å². The zero-order valence-electron chi connectivity index (χ0n) is 7.34. The Balaban J connectivity index is 0. The molecule has 0 saturated carbocycles. The van der Waals surface area contributed by atoms with Crippen LogP contribution in [0.1, 0.15) is 13.3 Å². The monoisotopic (exact) mass is 250 g/mol. The van der Waals surface area contributed by atoms with Crippen LogP contribution in [0.3, 0.4) is 0 Å². The van der Waals surface area contributed by atoms with E-state index in [0.717, 1.165) is 0 Å². The summed E-state index contributed by atoms with van der Waals surface area (Å²) in [5, 5.41) is 6.23. The normalized spacial score (nSPS) is 12.4. The van der Waals surface area contributed by atoms with E-state index in [2.05, 4.69) is 4.74 Å². The summed E-state index contributed by atoms with van der Waals surface area (Å²) < 4.78 is 34.0. The Morgan fingerprint density at radius 1 is 1.40 bits per heavy atom. The second-order valence-corrected chi connectivity index (χ2v) is 3.95. The van der Waals surface area contributed by atoms with Crippen LogP contribution in [0.5, 0.6) is 0 Å². The number of carbonyl (C=O) groups excluding carboxylic acids is 1. The van der Waals surface area contributed by atoms with Gasteiger partial charge in [-0.25, -0.2) is 0 Å². The molecule has 0 aliphatic heterocycles. The van der Waals surface area contributed by atoms with Crippen molar-refractivity contribution in [2.24, 2.45) is 0 Å². The standard InChI is InChI=1S/C6H10O7S.Na.H/c1-2-13-6(9)4(3-5(7)8)14(10,11)12;;/h4H,2-3H2,1H3,(H,7,8)(H,10,11,12);;. The Hall–Kier alpha value is -0.150. The minimum absolute atomic E-state index is 0. The Morgan fingerprint density at radius 3 is 2.13 bits per heavy atom. The third-order valence-corrected chi connectivity index (χ3v) is 2.35. The number of carboxylic acid groups (broad SMARTS) is 1. The van der Waals surface area contributed by atoms with E-state index in [1.165, 1.54) is 6.92 Å². The molecule has 0 rings (SSSR count). The van der Waals surface area contributed by atoms with Crippen LogP contribution in [-0.4, -0.2) is 71.4 Å². The van der Waals surface area contributed by atoms with Crippen LogP contribution in [0.4, 0.5) is 0 Å². The van der Waals surface area contributed by atoms with Gasteiger partial charge in [0.2, 0.25) is 0 Å². The van der Waals surface area contributed by atoms with Crippen LogP contribution in [0, 0.1) is 0 Å². The van der Waals surface area contributed by atoms with Crippen molar-refractivity contribution in [2.45, 2.75) is 18.6 Å². The van der Waals surface area contributed by atoms with Crippen molar-refractivity contribution in [3.05, 3.63) is 0 Å². The molecule has 9 heteroatoms. The molecule has 0 spiro atoms. The Labute approximate surface area is 109 Å². The molecule has 0 aromatic rings. The predicted molar refractivity (Wildman–Crippen MR) is 51.4 cm³/mol. The van der Waals surface area contributed by atoms with Crippen LogP contribution in [-0.2, 0) is 24.4 Å². The molecule has 0 bridgehead atoms. The molecule has 0 aromatic heterocycles. The second-order valence-electron chi connectivity index (χ2n) is 2.35. The van der Waals surface area contributed by atoms with Crippen molar-refractivity contribution in [1.29, 1.82) is 0 Å². The first kappa shape index (κ1) is 17.3. The summed E-state index contributed by atoms with van der Waals surface area (Å²) in [4.78, 5) is 21.1. The van der Waals surface area contributed by atoms with Gasteiger partial charge in [-0.05, 0) is 6.92 Å². The van der Waals surface area contributed by atoms with Crippen molar-refractivity contribution < 1.29 is 32.4 Å². The molecule has 1 unspecified atom stereocenters. The van der Waals surface area contributed by atoms with Gasteiger partial charge in [-0.1, -0.05) is 0 Å². The fourth-order valence-corrected chi connectivity index (χ4v) is 1.37. The Kier molecular flexibility index (Phi) is 8.25. The average Bonchev–Trinajstić information content (AvgIpc) is 1.98. The summed E-state index contributed by atoms with van der Waals surface area (Å²) in [6.45, 7) is 1.34. The first-order chi connectivity index (χ1) is 6.29. The van der Waals surface area contributed by atoms with Gasteiger partial charge in [0.1, 0.15) is 0 Å². The summed E-state index contributed by atoms with van der Waals surface area (Å²) in [5.41, 5.74) is 0. The summed E-state index contributed by atoms with van der Waals surface area (Å²) >= 11 is 0. The molecule has 7 nitrogen and oxygen atoms in total. The van der Waals surface area contributed by atoms with E-state index in [1.807, 2.05) is 0 Å². The Morgan fingerprint density at radius 2 is 1.87 bits per heavy atom. The molecule has 84 valence electrons. The van der Waals surface area contributed by atoms with Gasteiger partial charge in [0, 0.05) is 0 Å². The molecule has 0 amide bonds. The van der Waals surface area contributed by atoms with Gasteiger partial charge in [-0.2, -0.15) is 8.42 Å². The first-order valence-corrected chi connectivity index (χ1v) is 5.14. The second kappa shape index (κ2) is 7.18. The molecule has 0 heterocycles. The molecule has 0 radical (unpaired) electrons. The molecule has 15 heavy (non-hydrogen) atoms. The summed E-state index contributed by atoms with van der Waals surface area (Å²) in [5.74, 6) is -2.78. The zero-order valence-corrected chi connectivity index (χ0v) is 8.15. The molecule has 0 saturated heterocycles. The van der Waals surface area contributed by atoms with Gasteiger partial charge in [0.15, 0.2) is 5.25 Å². The SMILES string of the molecule is CCOC(=O)C(CC(=O)O)S(=O)(=O)O.[NaH]. The fraction of sp³-hybridized carbons (Fsp3) is 0.667. The number of hydrogen-bond acceptors (Lipinski definition) is 5. The van der Waals surface area contributed by atoms with Crippen LogP contribution in [0.25, 0.3) is 0 Å². The number of esters is 1. The van der Waals surface area contributed by atoms with E-state index in [1.54, 1.807) is 0 Å². The number of hydrogen-bond donors (Lipinski definition) is 2. The number of ether oxygens (including phenoxy) is 1. The van der Waals surface area contributed by atoms with Gasteiger partial charge in [-0.3, -0.25) is 14.1 Å². The van der Waals surface area contributed by atoms with Crippen molar-refractivity contribution >= 4 is 51.6 Å². The molecule has 2 N–H and O–H groups in total. The molecular weight excluding hydrogens is 239 g/mol. The van der Waals surface area contributed by atoms with E-state index in [4.69, 9.17) is 9.66 Å². The van der Waals surface area contributed by atoms with Crippen molar-refractivity contribution in [3.63, 3.8) is 0 Å². The number of carbonyl (C=O) groups is 2. The van der Waals surface area contributed by atoms with Crippen LogP contribution in [0.15, 0.2) is 0 Å². The molecule has 0 aliphatic rings. The van der Waals surface area contributed by atoms with Crippen molar-refractivity contribution in [1.82, 2.24) is 0 Å². The van der Waals surface area contributed by atoms with E-state index in [-0.39, 0.29) is 36.2 Å². The number of rotatable bonds is 5. The molecular formula is C6H11NaO7S. The van der Waals surface area contributed by atoms with Crippen molar-refractivity contribution in [2.75, 3.05) is 6.61 Å². The zero-order chi connectivity index (χ0) is 11.4. The maximum atomic E-state index is 10.9. The van der Waals surface area contributed by atoms with Crippen LogP contribution in [0.2, 0.25) is 0 Å². The van der Waals surface area contributed by atoms with Crippen LogP contribution < -0.4 is 0 Å². The predicted octanol–water partition coefficient (Wildman–Crippen LogP) is -1.37. The first-order valence-electron chi connectivity index (χ1n) is 3.63. The van der Waals surface area contributed by atoms with Gasteiger partial charge in [0.25, 0.3) is 10.1 Å². The third kappa shape index (κ3) is 6.85. The maximum absolute atomic E-state index is 10.9. The van der Waals surface area contributed by atoms with E-state index in [0.29, 0.717) is 0 Å². The molecule has 1 atom stereocenters. The van der Waals surface area contributed by atoms with Crippen LogP contribution >= 0.6 is 0 Å². The Bertz CT molecular complexity index is 322. The molecule has 0 fully saturated rings. The van der Waals surface area contributed by atoms with Gasteiger partial charge >= 0.3 is 41.5 Å². The number of aliphatic carboxylic acids is 1. The summed E-state index contributed by atoms with van der Waals surface area (Å²) in [6, 6.07) is 0. The molecule has 0 aliphatic carbocycles. The third-order valence-electron chi connectivity index (χ3n) is 1.27.